The molecule has 0 saturated heterocycles. The molecule has 0 aliphatic rings. The van der Waals surface area contributed by atoms with Crippen LogP contribution in [0, 0.1) is 5.82 Å². The fourth-order valence-corrected chi connectivity index (χ4v) is 2.16. The fourth-order valence-electron chi connectivity index (χ4n) is 2.16. The van der Waals surface area contributed by atoms with Crippen molar-refractivity contribution in [1.82, 2.24) is 14.0 Å². The van der Waals surface area contributed by atoms with Gasteiger partial charge in [-0.1, -0.05) is 12.1 Å². The van der Waals surface area contributed by atoms with Crippen molar-refractivity contribution in [3.05, 3.63) is 68.2 Å². The molecule has 0 N–H and O–H groups in total. The Balaban J connectivity index is 2.16. The van der Waals surface area contributed by atoms with Crippen LogP contribution in [-0.2, 0) is 27.2 Å². The van der Waals surface area contributed by atoms with Crippen LogP contribution in [0.2, 0.25) is 0 Å². The molecule has 1 heterocycles. The van der Waals surface area contributed by atoms with E-state index in [0.717, 1.165) is 10.1 Å². The minimum atomic E-state index is -0.340. The molecule has 0 saturated carbocycles. The first-order valence-corrected chi connectivity index (χ1v) is 6.57. The largest absolute Gasteiger partial charge is 0.330 e. The van der Waals surface area contributed by atoms with Crippen LogP contribution in [0.1, 0.15) is 11.3 Å². The van der Waals surface area contributed by atoms with Crippen LogP contribution in [0.15, 0.2) is 39.9 Å². The molecule has 1 aromatic carbocycles. The van der Waals surface area contributed by atoms with Gasteiger partial charge in [0.15, 0.2) is 0 Å². The Hall–Kier alpha value is -2.21. The molecule has 0 radical (unpaired) electrons. The summed E-state index contributed by atoms with van der Waals surface area (Å²) in [7, 11) is 4.98. The third-order valence-electron chi connectivity index (χ3n) is 3.42. The highest BCUT2D eigenvalue weighted by Crippen LogP contribution is 2.07. The second-order valence-corrected chi connectivity index (χ2v) is 5.17. The quantitative estimate of drug-likeness (QED) is 0.839. The summed E-state index contributed by atoms with van der Waals surface area (Å²) in [5, 5.41) is 0. The van der Waals surface area contributed by atoms with E-state index >= 15 is 0 Å². The van der Waals surface area contributed by atoms with Crippen molar-refractivity contribution in [2.75, 3.05) is 7.05 Å². The molecular weight excluding hydrogens is 273 g/mol. The first-order chi connectivity index (χ1) is 9.88. The van der Waals surface area contributed by atoms with Crippen molar-refractivity contribution in [2.24, 2.45) is 14.1 Å². The first kappa shape index (κ1) is 15.2. The predicted molar refractivity (Wildman–Crippen MR) is 78.5 cm³/mol. The Morgan fingerprint density at radius 2 is 1.67 bits per heavy atom. The lowest BCUT2D eigenvalue weighted by Gasteiger charge is -2.18. The van der Waals surface area contributed by atoms with E-state index < -0.39 is 0 Å². The summed E-state index contributed by atoms with van der Waals surface area (Å²) in [6.45, 7) is 1.06. The monoisotopic (exact) mass is 291 g/mol. The number of rotatable bonds is 4. The summed E-state index contributed by atoms with van der Waals surface area (Å²) in [5.74, 6) is -0.268. The molecule has 0 atom stereocenters. The summed E-state index contributed by atoms with van der Waals surface area (Å²) in [6.07, 6.45) is 0. The highest BCUT2D eigenvalue weighted by molar-refractivity contribution is 5.16. The molecule has 21 heavy (non-hydrogen) atoms. The second-order valence-electron chi connectivity index (χ2n) is 5.17. The highest BCUT2D eigenvalue weighted by atomic mass is 19.1. The maximum Gasteiger partial charge on any atom is 0.330 e. The maximum atomic E-state index is 12.9. The minimum absolute atomic E-state index is 0.268. The van der Waals surface area contributed by atoms with Gasteiger partial charge < -0.3 is 0 Å². The van der Waals surface area contributed by atoms with Crippen LogP contribution >= 0.6 is 0 Å². The van der Waals surface area contributed by atoms with Crippen molar-refractivity contribution >= 4 is 0 Å². The zero-order chi connectivity index (χ0) is 15.6. The predicted octanol–water partition coefficient (Wildman–Crippen LogP) is 0.855. The average molecular weight is 291 g/mol. The van der Waals surface area contributed by atoms with Gasteiger partial charge in [0.25, 0.3) is 5.56 Å². The van der Waals surface area contributed by atoms with Gasteiger partial charge in [0.2, 0.25) is 0 Å². The lowest BCUT2D eigenvalue weighted by atomic mass is 10.2. The molecule has 0 bridgehead atoms. The van der Waals surface area contributed by atoms with E-state index in [-0.39, 0.29) is 17.1 Å². The van der Waals surface area contributed by atoms with Crippen LogP contribution in [0.3, 0.4) is 0 Å². The van der Waals surface area contributed by atoms with E-state index in [4.69, 9.17) is 0 Å². The van der Waals surface area contributed by atoms with E-state index in [1.54, 1.807) is 19.2 Å². The SMILES string of the molecule is CN(Cc1ccc(F)cc1)Cc1cc(=O)n(C)c(=O)n1C. The van der Waals surface area contributed by atoms with Crippen molar-refractivity contribution in [2.45, 2.75) is 13.1 Å². The Bertz CT molecular complexity index is 747. The molecule has 0 unspecified atom stereocenters. The Morgan fingerprint density at radius 3 is 2.29 bits per heavy atom. The summed E-state index contributed by atoms with van der Waals surface area (Å²) in [6, 6.07) is 7.72. The average Bonchev–Trinajstić information content (AvgIpc) is 2.45. The second kappa shape index (κ2) is 6.05. The fraction of sp³-hybridized carbons (Fsp3) is 0.333. The summed E-state index contributed by atoms with van der Waals surface area (Å²) < 4.78 is 15.4. The van der Waals surface area contributed by atoms with Crippen molar-refractivity contribution in [3.8, 4) is 0 Å². The lowest BCUT2D eigenvalue weighted by molar-refractivity contribution is 0.308. The number of nitrogens with zero attached hydrogens (tertiary/aromatic N) is 3. The molecule has 1 aromatic heterocycles. The van der Waals surface area contributed by atoms with Crippen molar-refractivity contribution in [3.63, 3.8) is 0 Å². The molecule has 2 aromatic rings. The Kier molecular flexibility index (Phi) is 4.37. The van der Waals surface area contributed by atoms with E-state index in [0.29, 0.717) is 18.8 Å². The van der Waals surface area contributed by atoms with Gasteiger partial charge in [0.1, 0.15) is 5.82 Å². The van der Waals surface area contributed by atoms with Crippen LogP contribution in [0.25, 0.3) is 0 Å². The molecule has 0 spiro atoms. The zero-order valence-electron chi connectivity index (χ0n) is 12.3. The van der Waals surface area contributed by atoms with Crippen LogP contribution in [-0.4, -0.2) is 21.1 Å². The van der Waals surface area contributed by atoms with Crippen LogP contribution in [0.4, 0.5) is 4.39 Å². The van der Waals surface area contributed by atoms with E-state index in [9.17, 15) is 14.0 Å². The maximum absolute atomic E-state index is 12.9. The normalized spacial score (nSPS) is 11.1. The third kappa shape index (κ3) is 3.46. The zero-order valence-corrected chi connectivity index (χ0v) is 12.3. The molecule has 0 amide bonds. The molecule has 0 fully saturated rings. The van der Waals surface area contributed by atoms with Gasteiger partial charge in [-0.25, -0.2) is 9.18 Å². The number of aromatic nitrogens is 2. The van der Waals surface area contributed by atoms with Crippen molar-refractivity contribution < 1.29 is 4.39 Å². The Morgan fingerprint density at radius 1 is 1.05 bits per heavy atom. The lowest BCUT2D eigenvalue weighted by Crippen LogP contribution is -2.39. The van der Waals surface area contributed by atoms with Gasteiger partial charge in [0, 0.05) is 38.9 Å². The summed E-state index contributed by atoms with van der Waals surface area (Å²) in [5.41, 5.74) is 0.955. The molecule has 5 nitrogen and oxygen atoms in total. The standard InChI is InChI=1S/C15H18FN3O2/c1-17(9-11-4-6-12(16)7-5-11)10-13-8-14(20)19(3)15(21)18(13)2/h4-8H,9-10H2,1-3H3. The molecule has 2 rings (SSSR count). The minimum Gasteiger partial charge on any atom is -0.299 e. The van der Waals surface area contributed by atoms with Gasteiger partial charge in [-0.15, -0.1) is 0 Å². The highest BCUT2D eigenvalue weighted by Gasteiger charge is 2.09. The van der Waals surface area contributed by atoms with Crippen molar-refractivity contribution in [1.29, 1.82) is 0 Å². The molecule has 0 aliphatic carbocycles. The number of hydrogen-bond acceptors (Lipinski definition) is 3. The van der Waals surface area contributed by atoms with Gasteiger partial charge in [-0.2, -0.15) is 0 Å². The van der Waals surface area contributed by atoms with E-state index in [1.165, 1.54) is 29.8 Å². The molecular formula is C15H18FN3O2. The van der Waals surface area contributed by atoms with E-state index in [1.807, 2.05) is 11.9 Å². The smallest absolute Gasteiger partial charge is 0.299 e. The van der Waals surface area contributed by atoms with E-state index in [2.05, 4.69) is 0 Å². The topological polar surface area (TPSA) is 47.2 Å². The first-order valence-electron chi connectivity index (χ1n) is 6.57. The van der Waals surface area contributed by atoms with Gasteiger partial charge in [0.05, 0.1) is 0 Å². The summed E-state index contributed by atoms with van der Waals surface area (Å²) in [4.78, 5) is 25.5. The van der Waals surface area contributed by atoms with Crippen LogP contribution in [0.5, 0.6) is 0 Å². The number of hydrogen-bond donors (Lipinski definition) is 0. The Labute approximate surface area is 121 Å². The molecule has 112 valence electrons. The van der Waals surface area contributed by atoms with Gasteiger partial charge in [-0.05, 0) is 24.7 Å². The third-order valence-corrected chi connectivity index (χ3v) is 3.42. The van der Waals surface area contributed by atoms with Gasteiger partial charge in [-0.3, -0.25) is 18.8 Å². The van der Waals surface area contributed by atoms with Gasteiger partial charge >= 0.3 is 5.69 Å². The number of halogens is 1. The summed E-state index contributed by atoms with van der Waals surface area (Å²) >= 11 is 0. The van der Waals surface area contributed by atoms with Crippen LogP contribution < -0.4 is 11.2 Å². The molecule has 0 aliphatic heterocycles. The molecule has 6 heteroatoms. The number of benzene rings is 1.